The Labute approximate surface area is 155 Å². The minimum atomic E-state index is 0.00961. The fourth-order valence-electron chi connectivity index (χ4n) is 4.02. The third-order valence-corrected chi connectivity index (χ3v) is 5.41. The minimum absolute atomic E-state index is 0.00961. The van der Waals surface area contributed by atoms with Crippen molar-refractivity contribution in [1.82, 2.24) is 29.0 Å². The number of benzene rings is 1. The maximum Gasteiger partial charge on any atom is 0.261 e. The van der Waals surface area contributed by atoms with Crippen LogP contribution in [0.4, 0.5) is 0 Å². The lowest BCUT2D eigenvalue weighted by Gasteiger charge is -2.24. The van der Waals surface area contributed by atoms with E-state index in [0.717, 1.165) is 42.2 Å². The fraction of sp³-hybridized carbons (Fsp3) is 0.300. The highest BCUT2D eigenvalue weighted by atomic mass is 16.1. The first kappa shape index (κ1) is 16.1. The molecule has 0 radical (unpaired) electrons. The largest absolute Gasteiger partial charge is 0.298 e. The van der Waals surface area contributed by atoms with Crippen molar-refractivity contribution >= 4 is 16.6 Å². The molecule has 0 amide bonds. The van der Waals surface area contributed by atoms with E-state index in [0.29, 0.717) is 11.9 Å². The van der Waals surface area contributed by atoms with E-state index in [1.807, 2.05) is 60.1 Å². The molecule has 3 aromatic heterocycles. The maximum absolute atomic E-state index is 12.8. The molecule has 0 aliphatic carbocycles. The number of hydrogen-bond donors (Lipinski definition) is 0. The molecule has 1 aromatic carbocycles. The van der Waals surface area contributed by atoms with Crippen molar-refractivity contribution < 1.29 is 0 Å². The summed E-state index contributed by atoms with van der Waals surface area (Å²) in [7, 11) is 1.82. The molecule has 1 aliphatic rings. The van der Waals surface area contributed by atoms with Gasteiger partial charge in [0.2, 0.25) is 0 Å². The Morgan fingerprint density at radius 1 is 1.11 bits per heavy atom. The van der Waals surface area contributed by atoms with Gasteiger partial charge in [-0.25, -0.2) is 4.98 Å². The molecule has 0 spiro atoms. The molecular formula is C20H20N6O. The van der Waals surface area contributed by atoms with Crippen LogP contribution in [-0.2, 0) is 13.6 Å². The second kappa shape index (κ2) is 6.28. The van der Waals surface area contributed by atoms with Gasteiger partial charge in [-0.05, 0) is 43.7 Å². The molecule has 1 unspecified atom stereocenters. The summed E-state index contributed by atoms with van der Waals surface area (Å²) in [6, 6.07) is 13.5. The summed E-state index contributed by atoms with van der Waals surface area (Å²) in [4.78, 5) is 20.0. The molecule has 27 heavy (non-hydrogen) atoms. The highest BCUT2D eigenvalue weighted by Crippen LogP contribution is 2.31. The quantitative estimate of drug-likeness (QED) is 0.561. The number of pyridine rings is 1. The lowest BCUT2D eigenvalue weighted by molar-refractivity contribution is 0.228. The Kier molecular flexibility index (Phi) is 3.75. The third-order valence-electron chi connectivity index (χ3n) is 5.41. The van der Waals surface area contributed by atoms with Crippen LogP contribution < -0.4 is 5.56 Å². The van der Waals surface area contributed by atoms with E-state index in [4.69, 9.17) is 4.98 Å². The number of likely N-dealkylation sites (tertiary alicyclic amines) is 1. The Bertz CT molecular complexity index is 1190. The Morgan fingerprint density at radius 3 is 2.89 bits per heavy atom. The smallest absolute Gasteiger partial charge is 0.261 e. The van der Waals surface area contributed by atoms with Gasteiger partial charge in [0.05, 0.1) is 23.5 Å². The van der Waals surface area contributed by atoms with Gasteiger partial charge in [-0.1, -0.05) is 18.2 Å². The summed E-state index contributed by atoms with van der Waals surface area (Å²) >= 11 is 0. The first-order valence-electron chi connectivity index (χ1n) is 9.21. The highest BCUT2D eigenvalue weighted by molar-refractivity contribution is 5.77. The van der Waals surface area contributed by atoms with Gasteiger partial charge in [-0.2, -0.15) is 0 Å². The molecule has 4 aromatic rings. The molecule has 0 bridgehead atoms. The van der Waals surface area contributed by atoms with E-state index >= 15 is 0 Å². The molecule has 1 atom stereocenters. The first-order chi connectivity index (χ1) is 13.2. The van der Waals surface area contributed by atoms with E-state index in [1.165, 1.54) is 0 Å². The summed E-state index contributed by atoms with van der Waals surface area (Å²) in [6.07, 6.45) is 4.04. The van der Waals surface area contributed by atoms with E-state index in [1.54, 1.807) is 4.57 Å². The summed E-state index contributed by atoms with van der Waals surface area (Å²) < 4.78 is 3.72. The Balaban J connectivity index is 1.54. The number of hydrogen-bond acceptors (Lipinski definition) is 5. The van der Waals surface area contributed by atoms with Gasteiger partial charge < -0.3 is 0 Å². The van der Waals surface area contributed by atoms with Crippen LogP contribution in [0.5, 0.6) is 0 Å². The molecule has 4 heterocycles. The predicted molar refractivity (Wildman–Crippen MR) is 102 cm³/mol. The van der Waals surface area contributed by atoms with Crippen LogP contribution >= 0.6 is 0 Å². The van der Waals surface area contributed by atoms with Crippen molar-refractivity contribution in [3.05, 3.63) is 70.7 Å². The highest BCUT2D eigenvalue weighted by Gasteiger charge is 2.30. The van der Waals surface area contributed by atoms with Crippen molar-refractivity contribution in [1.29, 1.82) is 0 Å². The van der Waals surface area contributed by atoms with Crippen LogP contribution in [0.25, 0.3) is 16.6 Å². The van der Waals surface area contributed by atoms with Crippen LogP contribution in [0.15, 0.2) is 53.5 Å². The van der Waals surface area contributed by atoms with Crippen LogP contribution in [-0.4, -0.2) is 35.6 Å². The Hall–Kier alpha value is -3.06. The van der Waals surface area contributed by atoms with Crippen molar-refractivity contribution in [2.45, 2.75) is 25.4 Å². The molecule has 1 fully saturated rings. The summed E-state index contributed by atoms with van der Waals surface area (Å²) in [5.74, 6) is 1.73. The molecule has 0 saturated carbocycles. The molecule has 7 nitrogen and oxygen atoms in total. The molecule has 136 valence electrons. The number of fused-ring (bicyclic) bond motifs is 2. The van der Waals surface area contributed by atoms with E-state index < -0.39 is 0 Å². The van der Waals surface area contributed by atoms with Gasteiger partial charge >= 0.3 is 0 Å². The first-order valence-corrected chi connectivity index (χ1v) is 9.21. The summed E-state index contributed by atoms with van der Waals surface area (Å²) in [6.45, 7) is 1.63. The normalized spacial score (nSPS) is 17.9. The van der Waals surface area contributed by atoms with Crippen molar-refractivity contribution in [2.24, 2.45) is 7.05 Å². The van der Waals surface area contributed by atoms with E-state index in [9.17, 15) is 4.79 Å². The molecule has 5 rings (SSSR count). The average Bonchev–Trinajstić information content (AvgIpc) is 3.32. The van der Waals surface area contributed by atoms with Gasteiger partial charge in [-0.3, -0.25) is 18.7 Å². The second-order valence-corrected chi connectivity index (χ2v) is 7.02. The predicted octanol–water partition coefficient (Wildman–Crippen LogP) is 2.31. The minimum Gasteiger partial charge on any atom is -0.298 e. The van der Waals surface area contributed by atoms with Gasteiger partial charge in [0, 0.05) is 13.2 Å². The van der Waals surface area contributed by atoms with E-state index in [-0.39, 0.29) is 11.6 Å². The summed E-state index contributed by atoms with van der Waals surface area (Å²) in [5, 5.41) is 9.27. The molecule has 1 aliphatic heterocycles. The number of para-hydroxylation sites is 1. The van der Waals surface area contributed by atoms with Gasteiger partial charge in [0.1, 0.15) is 5.82 Å². The Morgan fingerprint density at radius 2 is 1.96 bits per heavy atom. The molecule has 7 heteroatoms. The summed E-state index contributed by atoms with van der Waals surface area (Å²) in [5.41, 5.74) is 1.62. The zero-order valence-electron chi connectivity index (χ0n) is 15.1. The van der Waals surface area contributed by atoms with Crippen LogP contribution in [0.3, 0.4) is 0 Å². The second-order valence-electron chi connectivity index (χ2n) is 7.02. The van der Waals surface area contributed by atoms with Gasteiger partial charge in [0.25, 0.3) is 5.56 Å². The molecule has 1 saturated heterocycles. The SMILES string of the molecule is Cn1c(C2CCCN2Cc2nnc3ccccn23)nc2ccccc2c1=O. The zero-order chi connectivity index (χ0) is 18.4. The third kappa shape index (κ3) is 2.62. The maximum atomic E-state index is 12.8. The van der Waals surface area contributed by atoms with Crippen molar-refractivity contribution in [2.75, 3.05) is 6.54 Å². The number of aromatic nitrogens is 5. The topological polar surface area (TPSA) is 68.3 Å². The number of rotatable bonds is 3. The lowest BCUT2D eigenvalue weighted by Crippen LogP contribution is -2.31. The zero-order valence-corrected chi connectivity index (χ0v) is 15.1. The monoisotopic (exact) mass is 360 g/mol. The van der Waals surface area contributed by atoms with Crippen LogP contribution in [0.1, 0.15) is 30.5 Å². The number of nitrogens with zero attached hydrogens (tertiary/aromatic N) is 6. The molecule has 0 N–H and O–H groups in total. The van der Waals surface area contributed by atoms with E-state index in [2.05, 4.69) is 15.1 Å². The van der Waals surface area contributed by atoms with Crippen LogP contribution in [0, 0.1) is 0 Å². The molecular weight excluding hydrogens is 340 g/mol. The van der Waals surface area contributed by atoms with Gasteiger partial charge in [-0.15, -0.1) is 10.2 Å². The van der Waals surface area contributed by atoms with Gasteiger partial charge in [0.15, 0.2) is 11.5 Å². The fourth-order valence-corrected chi connectivity index (χ4v) is 4.02. The van der Waals surface area contributed by atoms with Crippen LogP contribution in [0.2, 0.25) is 0 Å². The van der Waals surface area contributed by atoms with Crippen molar-refractivity contribution in [3.63, 3.8) is 0 Å². The standard InChI is InChI=1S/C20H20N6O/c1-24-19(21-15-8-3-2-7-14(15)20(24)27)16-9-6-11-25(16)13-18-23-22-17-10-4-5-12-26(17)18/h2-5,7-8,10,12,16H,6,9,11,13H2,1H3. The average molecular weight is 360 g/mol. The lowest BCUT2D eigenvalue weighted by atomic mass is 10.1. The van der Waals surface area contributed by atoms with Crippen molar-refractivity contribution in [3.8, 4) is 0 Å².